The molecule has 2 nitrogen and oxygen atoms in total. The van der Waals surface area contributed by atoms with Crippen LogP contribution in [-0.4, -0.2) is 15.8 Å². The van der Waals surface area contributed by atoms with Crippen molar-refractivity contribution in [2.24, 2.45) is 0 Å². The molecule has 0 amide bonds. The summed E-state index contributed by atoms with van der Waals surface area (Å²) >= 11 is 0. The van der Waals surface area contributed by atoms with Gasteiger partial charge in [0.1, 0.15) is 0 Å². The van der Waals surface area contributed by atoms with Gasteiger partial charge in [-0.2, -0.15) is 0 Å². The van der Waals surface area contributed by atoms with Crippen LogP contribution in [0, 0.1) is 0 Å². The molecule has 0 unspecified atom stereocenters. The standard InChI is InChI=1S/C42H23BN2/c1-2-11-25-23-37-32(22-24(25)10-1)30-16-7-18-33-40(30)44(37)35-20-9-21-36-39(35)43(33)34-19-8-17-31-38-28-14-5-3-12-26(28)27-13-4-6-15-29(27)42(38)45(36)41(31)34/h1-23H. The lowest BCUT2D eigenvalue weighted by atomic mass is 9.34. The summed E-state index contributed by atoms with van der Waals surface area (Å²) in [6.07, 6.45) is 0. The van der Waals surface area contributed by atoms with Crippen LogP contribution in [0.5, 0.6) is 0 Å². The summed E-state index contributed by atoms with van der Waals surface area (Å²) < 4.78 is 5.17. The molecule has 10 aromatic rings. The Hall–Kier alpha value is -5.80. The molecule has 0 atom stereocenters. The van der Waals surface area contributed by atoms with E-state index in [2.05, 4.69) is 149 Å². The highest BCUT2D eigenvalue weighted by Gasteiger charge is 2.40. The van der Waals surface area contributed by atoms with Gasteiger partial charge in [0, 0.05) is 49.3 Å². The molecule has 0 N–H and O–H groups in total. The molecule has 45 heavy (non-hydrogen) atoms. The van der Waals surface area contributed by atoms with Crippen LogP contribution in [0.25, 0.3) is 87.3 Å². The van der Waals surface area contributed by atoms with Crippen LogP contribution >= 0.6 is 0 Å². The second-order valence-corrected chi connectivity index (χ2v) is 12.8. The fourth-order valence-corrected chi connectivity index (χ4v) is 9.19. The second kappa shape index (κ2) is 7.64. The summed E-state index contributed by atoms with van der Waals surface area (Å²) in [4.78, 5) is 0. The van der Waals surface area contributed by atoms with Crippen LogP contribution in [0.15, 0.2) is 140 Å². The average molecular weight is 566 g/mol. The topological polar surface area (TPSA) is 9.86 Å². The maximum atomic E-state index is 2.61. The van der Waals surface area contributed by atoms with Crippen LogP contribution in [0.4, 0.5) is 0 Å². The summed E-state index contributed by atoms with van der Waals surface area (Å²) in [6, 6.07) is 52.5. The predicted molar refractivity (Wildman–Crippen MR) is 192 cm³/mol. The van der Waals surface area contributed by atoms with E-state index in [0.29, 0.717) is 0 Å². The number of fused-ring (bicyclic) bond motifs is 16. The summed E-state index contributed by atoms with van der Waals surface area (Å²) in [5.41, 5.74) is 12.1. The molecule has 4 heterocycles. The van der Waals surface area contributed by atoms with Gasteiger partial charge in [0.15, 0.2) is 0 Å². The van der Waals surface area contributed by atoms with Crippen molar-refractivity contribution in [3.05, 3.63) is 140 Å². The first-order chi connectivity index (χ1) is 22.4. The largest absolute Gasteiger partial charge is 0.310 e. The number of para-hydroxylation sites is 2. The summed E-state index contributed by atoms with van der Waals surface area (Å²) in [5.74, 6) is 0. The monoisotopic (exact) mass is 566 g/mol. The Morgan fingerprint density at radius 1 is 0.378 bits per heavy atom. The van der Waals surface area contributed by atoms with E-state index >= 15 is 0 Å². The Bertz CT molecular complexity index is 2990. The minimum absolute atomic E-state index is 0.157. The van der Waals surface area contributed by atoms with Crippen molar-refractivity contribution in [1.29, 1.82) is 0 Å². The molecule has 0 fully saturated rings. The molecular formula is C42H23BN2. The zero-order chi connectivity index (χ0) is 29.0. The van der Waals surface area contributed by atoms with E-state index < -0.39 is 0 Å². The highest BCUT2D eigenvalue weighted by atomic mass is 15.0. The van der Waals surface area contributed by atoms with Gasteiger partial charge >= 0.3 is 0 Å². The van der Waals surface area contributed by atoms with Crippen LogP contribution < -0.4 is 16.4 Å². The number of rotatable bonds is 0. The Balaban J connectivity index is 1.34. The summed E-state index contributed by atoms with van der Waals surface area (Å²) in [5, 5.41) is 13.2. The van der Waals surface area contributed by atoms with Crippen molar-refractivity contribution in [2.75, 3.05) is 0 Å². The Morgan fingerprint density at radius 2 is 0.911 bits per heavy atom. The minimum Gasteiger partial charge on any atom is -0.310 e. The predicted octanol–water partition coefficient (Wildman–Crippen LogP) is 8.48. The average Bonchev–Trinajstić information content (AvgIpc) is 3.62. The Kier molecular flexibility index (Phi) is 3.85. The molecule has 2 aliphatic rings. The van der Waals surface area contributed by atoms with Crippen molar-refractivity contribution in [1.82, 2.24) is 9.13 Å². The van der Waals surface area contributed by atoms with Crippen LogP contribution in [-0.2, 0) is 0 Å². The van der Waals surface area contributed by atoms with Crippen molar-refractivity contribution in [2.45, 2.75) is 0 Å². The molecule has 0 aliphatic carbocycles. The molecule has 0 bridgehead atoms. The lowest BCUT2D eigenvalue weighted by Gasteiger charge is -2.33. The van der Waals surface area contributed by atoms with E-state index in [0.717, 1.165) is 0 Å². The van der Waals surface area contributed by atoms with Gasteiger partial charge in [0.25, 0.3) is 6.71 Å². The van der Waals surface area contributed by atoms with Crippen molar-refractivity contribution < 1.29 is 0 Å². The maximum Gasteiger partial charge on any atom is 0.252 e. The van der Waals surface area contributed by atoms with E-state index in [1.165, 1.54) is 104 Å². The highest BCUT2D eigenvalue weighted by Crippen LogP contribution is 2.44. The Morgan fingerprint density at radius 3 is 1.69 bits per heavy atom. The molecule has 2 aliphatic heterocycles. The van der Waals surface area contributed by atoms with E-state index in [1.807, 2.05) is 0 Å². The first-order valence-electron chi connectivity index (χ1n) is 15.8. The molecule has 0 spiro atoms. The van der Waals surface area contributed by atoms with Crippen LogP contribution in [0.2, 0.25) is 0 Å². The zero-order valence-corrected chi connectivity index (χ0v) is 24.3. The SMILES string of the molecule is c1cc2c3c(c1)-n1c4c(cccc4c4c5ccccc5c5ccccc5c41)B3c1cccc3c4cc5ccccc5cc4n-2c13. The van der Waals surface area contributed by atoms with Gasteiger partial charge in [0.05, 0.1) is 11.0 Å². The quantitative estimate of drug-likeness (QED) is 0.129. The van der Waals surface area contributed by atoms with Crippen molar-refractivity contribution >= 4 is 99.0 Å². The number of aromatic nitrogens is 2. The maximum absolute atomic E-state index is 2.61. The van der Waals surface area contributed by atoms with Crippen molar-refractivity contribution in [3.63, 3.8) is 0 Å². The van der Waals surface area contributed by atoms with Crippen LogP contribution in [0.1, 0.15) is 0 Å². The first-order valence-corrected chi connectivity index (χ1v) is 15.8. The van der Waals surface area contributed by atoms with Gasteiger partial charge < -0.3 is 9.13 Å². The zero-order valence-electron chi connectivity index (χ0n) is 24.3. The van der Waals surface area contributed by atoms with Gasteiger partial charge in [-0.15, -0.1) is 0 Å². The highest BCUT2D eigenvalue weighted by molar-refractivity contribution is 7.00. The number of hydrogen-bond acceptors (Lipinski definition) is 0. The van der Waals surface area contributed by atoms with Crippen LogP contribution in [0.3, 0.4) is 0 Å². The lowest BCUT2D eigenvalue weighted by molar-refractivity contribution is 1.15. The molecular weight excluding hydrogens is 543 g/mol. The summed E-state index contributed by atoms with van der Waals surface area (Å²) in [7, 11) is 0. The van der Waals surface area contributed by atoms with E-state index in [-0.39, 0.29) is 6.71 Å². The molecule has 0 saturated heterocycles. The molecule has 0 saturated carbocycles. The van der Waals surface area contributed by atoms with Gasteiger partial charge in [-0.1, -0.05) is 115 Å². The molecule has 8 aromatic carbocycles. The van der Waals surface area contributed by atoms with E-state index in [4.69, 9.17) is 0 Å². The number of benzene rings is 8. The second-order valence-electron chi connectivity index (χ2n) is 12.8. The first kappa shape index (κ1) is 22.7. The molecule has 204 valence electrons. The van der Waals surface area contributed by atoms with Gasteiger partial charge in [-0.3, -0.25) is 0 Å². The molecule has 12 rings (SSSR count). The van der Waals surface area contributed by atoms with Crippen molar-refractivity contribution in [3.8, 4) is 11.4 Å². The third-order valence-electron chi connectivity index (χ3n) is 10.8. The van der Waals surface area contributed by atoms with Gasteiger partial charge in [-0.05, 0) is 67.6 Å². The van der Waals surface area contributed by atoms with E-state index in [9.17, 15) is 0 Å². The molecule has 3 heteroatoms. The smallest absolute Gasteiger partial charge is 0.252 e. The third-order valence-corrected chi connectivity index (χ3v) is 10.8. The van der Waals surface area contributed by atoms with Gasteiger partial charge in [0.2, 0.25) is 0 Å². The fraction of sp³-hybridized carbons (Fsp3) is 0. The number of hydrogen-bond donors (Lipinski definition) is 0. The van der Waals surface area contributed by atoms with Gasteiger partial charge in [-0.25, -0.2) is 0 Å². The normalized spacial score (nSPS) is 13.3. The lowest BCUT2D eigenvalue weighted by Crippen LogP contribution is -2.59. The summed E-state index contributed by atoms with van der Waals surface area (Å²) in [6.45, 7) is 0.157. The minimum atomic E-state index is 0.157. The molecule has 0 radical (unpaired) electrons. The Labute approximate surface area is 258 Å². The number of nitrogens with zero attached hydrogens (tertiary/aromatic N) is 2. The third kappa shape index (κ3) is 2.51. The molecule has 2 aromatic heterocycles. The fourth-order valence-electron chi connectivity index (χ4n) is 9.19. The van der Waals surface area contributed by atoms with E-state index in [1.54, 1.807) is 0 Å².